The van der Waals surface area contributed by atoms with Gasteiger partial charge in [-0.05, 0) is 21.5 Å². The molecule has 2 nitrogen and oxygen atoms in total. The van der Waals surface area contributed by atoms with Gasteiger partial charge in [0.05, 0.1) is 0 Å². The third kappa shape index (κ3) is 9.17. The number of hydrogen-bond donors (Lipinski definition) is 0. The SMILES string of the molecule is [CH3][Ge]([CH3])([CH3])[c]1ccc(N(c2ccc(-c3ccccc3)cc2)c2ccc(-c3ccc4c5cccc6c(-c7ccc(N(c8ccc(-c9ccccc9)cc8)c8cc[c]([Ge]([CH3])([CH3])[CH3])cc8)cc7)ccc(c7cccc3c74)c65)cc2)cc1. The van der Waals surface area contributed by atoms with Crippen molar-refractivity contribution >= 4 is 113 Å². The van der Waals surface area contributed by atoms with E-state index in [0.29, 0.717) is 0 Å². The van der Waals surface area contributed by atoms with Crippen LogP contribution in [0.2, 0.25) is 34.5 Å². The van der Waals surface area contributed by atoms with Gasteiger partial charge in [-0.3, -0.25) is 0 Å². The molecule has 0 bridgehead atoms. The molecule has 13 aromatic carbocycles. The van der Waals surface area contributed by atoms with Gasteiger partial charge in [-0.15, -0.1) is 0 Å². The van der Waals surface area contributed by atoms with Crippen molar-refractivity contribution in [2.75, 3.05) is 9.80 Å². The Morgan fingerprint density at radius 2 is 0.462 bits per heavy atom. The molecular formula is C74H62Ge2N2. The number of benzene rings is 13. The second-order valence-corrected chi connectivity index (χ2v) is 44.3. The average Bonchev–Trinajstić information content (AvgIpc) is 3.65. The van der Waals surface area contributed by atoms with Crippen LogP contribution >= 0.6 is 0 Å². The summed E-state index contributed by atoms with van der Waals surface area (Å²) in [6.07, 6.45) is 0. The number of rotatable bonds is 12. The Labute approximate surface area is 465 Å². The van der Waals surface area contributed by atoms with Gasteiger partial charge < -0.3 is 0 Å². The first-order valence-corrected chi connectivity index (χ1v) is 42.1. The molecule has 13 aromatic rings. The molecule has 0 spiro atoms. The summed E-state index contributed by atoms with van der Waals surface area (Å²) in [6.45, 7) is 0. The van der Waals surface area contributed by atoms with Gasteiger partial charge in [-0.25, -0.2) is 0 Å². The number of nitrogens with zero attached hydrogens (tertiary/aromatic N) is 2. The zero-order valence-electron chi connectivity index (χ0n) is 45.3. The fourth-order valence-electron chi connectivity index (χ4n) is 11.8. The molecular weight excluding hydrogens is 1060 g/mol. The van der Waals surface area contributed by atoms with Crippen molar-refractivity contribution in [2.45, 2.75) is 34.5 Å². The second kappa shape index (κ2) is 20.0. The molecule has 13 rings (SSSR count). The van der Waals surface area contributed by atoms with Gasteiger partial charge in [0.15, 0.2) is 0 Å². The van der Waals surface area contributed by atoms with Crippen LogP contribution in [0.15, 0.2) is 267 Å². The predicted molar refractivity (Wildman–Crippen MR) is 345 cm³/mol. The summed E-state index contributed by atoms with van der Waals surface area (Å²) in [5, 5.41) is 10.3. The molecule has 0 atom stereocenters. The van der Waals surface area contributed by atoms with E-state index in [1.165, 1.54) is 96.4 Å². The van der Waals surface area contributed by atoms with Crippen LogP contribution in [-0.4, -0.2) is 26.5 Å². The van der Waals surface area contributed by atoms with Gasteiger partial charge in [0.25, 0.3) is 0 Å². The first-order valence-electron chi connectivity index (χ1n) is 27.4. The number of fused-ring (bicyclic) bond motifs is 2. The van der Waals surface area contributed by atoms with E-state index in [2.05, 4.69) is 311 Å². The molecule has 0 radical (unpaired) electrons. The zero-order valence-corrected chi connectivity index (χ0v) is 49.5. The standard InChI is InChI=1S/C74H62Ge2N2/c1-75(2,3)57-31-43-63(44-32-57)77(59-35-23-53(24-36-59)51-15-9-7-10-16-51)61-39-27-55(28-40-61)65-47-49-71-70-22-14-20-68-66(48-50-72(74(68)70)69-21-13-19-67(65)73(69)71)56-29-41-62(42-30-56)78(64-45-33-58(34-46-64)76(4,5)6)60-37-25-54(26-38-60)52-17-11-8-12-18-52/h7-50H,1-6H3. The summed E-state index contributed by atoms with van der Waals surface area (Å²) in [7, 11) is 0. The van der Waals surface area contributed by atoms with E-state index >= 15 is 0 Å². The van der Waals surface area contributed by atoms with E-state index in [4.69, 9.17) is 0 Å². The van der Waals surface area contributed by atoms with Gasteiger partial charge in [-0.1, -0.05) is 36.4 Å². The molecule has 0 aromatic heterocycles. The summed E-state index contributed by atoms with van der Waals surface area (Å²) in [5.74, 6) is 14.8. The summed E-state index contributed by atoms with van der Waals surface area (Å²) in [6, 6.07) is 99.6. The molecule has 0 heterocycles. The number of hydrogen-bond acceptors (Lipinski definition) is 2. The van der Waals surface area contributed by atoms with E-state index in [9.17, 15) is 0 Å². The van der Waals surface area contributed by atoms with Crippen molar-refractivity contribution in [1.82, 2.24) is 0 Å². The van der Waals surface area contributed by atoms with Crippen molar-refractivity contribution in [1.29, 1.82) is 0 Å². The Bertz CT molecular complexity index is 3950. The summed E-state index contributed by atoms with van der Waals surface area (Å²) >= 11 is -4.03. The van der Waals surface area contributed by atoms with Crippen LogP contribution in [0, 0.1) is 0 Å². The van der Waals surface area contributed by atoms with Crippen LogP contribution in [-0.2, 0) is 0 Å². The molecule has 0 saturated carbocycles. The van der Waals surface area contributed by atoms with Gasteiger partial charge in [0, 0.05) is 0 Å². The van der Waals surface area contributed by atoms with Crippen LogP contribution in [0.5, 0.6) is 0 Å². The van der Waals surface area contributed by atoms with Gasteiger partial charge in [0.1, 0.15) is 0 Å². The molecule has 0 amide bonds. The molecule has 0 saturated heterocycles. The van der Waals surface area contributed by atoms with Crippen molar-refractivity contribution in [3.63, 3.8) is 0 Å². The van der Waals surface area contributed by atoms with E-state index in [1.54, 1.807) is 0 Å². The maximum atomic E-state index is 2.46. The molecule has 0 fully saturated rings. The fraction of sp³-hybridized carbons (Fsp3) is 0.0811. The Balaban J connectivity index is 0.854. The maximum absolute atomic E-state index is 2.46. The van der Waals surface area contributed by atoms with Gasteiger partial charge in [0.2, 0.25) is 0 Å². The molecule has 78 heavy (non-hydrogen) atoms. The van der Waals surface area contributed by atoms with Crippen LogP contribution in [0.3, 0.4) is 0 Å². The fourth-order valence-corrected chi connectivity index (χ4v) is 16.7. The molecule has 0 aliphatic heterocycles. The molecule has 0 unspecified atom stereocenters. The molecule has 0 N–H and O–H groups in total. The third-order valence-electron chi connectivity index (χ3n) is 16.0. The summed E-state index contributed by atoms with van der Waals surface area (Å²) in [4.78, 5) is 4.79. The monoisotopic (exact) mass is 1130 g/mol. The Morgan fingerprint density at radius 1 is 0.205 bits per heavy atom. The normalized spacial score (nSPS) is 12.0. The quantitative estimate of drug-likeness (QED) is 0.0683. The third-order valence-corrected chi connectivity index (χ3v) is 24.6. The van der Waals surface area contributed by atoms with E-state index in [-0.39, 0.29) is 0 Å². The average molecular weight is 1120 g/mol. The zero-order chi connectivity index (χ0) is 53.1. The van der Waals surface area contributed by atoms with E-state index in [0.717, 1.165) is 34.1 Å². The first-order chi connectivity index (χ1) is 37.9. The first kappa shape index (κ1) is 49.4. The Kier molecular flexibility index (Phi) is 12.7. The molecule has 4 heteroatoms. The number of anilines is 6. The minimum absolute atomic E-state index is 1.13. The summed E-state index contributed by atoms with van der Waals surface area (Å²) < 4.78 is 3.01. The predicted octanol–water partition coefficient (Wildman–Crippen LogP) is 20.4. The second-order valence-electron chi connectivity index (χ2n) is 23.0. The van der Waals surface area contributed by atoms with Crippen LogP contribution in [0.4, 0.5) is 34.1 Å². The van der Waals surface area contributed by atoms with Crippen LogP contribution < -0.4 is 18.6 Å². The van der Waals surface area contributed by atoms with Crippen molar-refractivity contribution < 1.29 is 0 Å². The van der Waals surface area contributed by atoms with Crippen molar-refractivity contribution in [3.8, 4) is 44.5 Å². The minimum atomic E-state index is -2.01. The molecule has 376 valence electrons. The van der Waals surface area contributed by atoms with Crippen molar-refractivity contribution in [2.24, 2.45) is 0 Å². The van der Waals surface area contributed by atoms with Crippen LogP contribution in [0.1, 0.15) is 0 Å². The molecule has 0 aliphatic carbocycles. The Morgan fingerprint density at radius 3 is 0.769 bits per heavy atom. The van der Waals surface area contributed by atoms with Gasteiger partial charge >= 0.3 is 410 Å². The van der Waals surface area contributed by atoms with E-state index < -0.39 is 26.5 Å². The Hall–Kier alpha value is -8.15. The van der Waals surface area contributed by atoms with Crippen LogP contribution in [0.25, 0.3) is 87.6 Å². The topological polar surface area (TPSA) is 6.48 Å². The summed E-state index contributed by atoms with van der Waals surface area (Å²) in [5.41, 5.74) is 16.6. The van der Waals surface area contributed by atoms with Crippen molar-refractivity contribution in [3.05, 3.63) is 267 Å². The van der Waals surface area contributed by atoms with E-state index in [1.807, 2.05) is 0 Å². The molecule has 0 aliphatic rings. The van der Waals surface area contributed by atoms with Gasteiger partial charge in [-0.2, -0.15) is 0 Å².